The van der Waals surface area contributed by atoms with E-state index in [-0.39, 0.29) is 5.76 Å². The lowest BCUT2D eigenvalue weighted by Gasteiger charge is -2.25. The van der Waals surface area contributed by atoms with E-state index >= 15 is 0 Å². The maximum Gasteiger partial charge on any atom is 0.161 e. The lowest BCUT2D eigenvalue weighted by molar-refractivity contribution is -0.243. The molecule has 0 saturated carbocycles. The van der Waals surface area contributed by atoms with Gasteiger partial charge >= 0.3 is 0 Å². The van der Waals surface area contributed by atoms with E-state index in [1.165, 1.54) is 15.2 Å². The van der Waals surface area contributed by atoms with Crippen LogP contribution in [0.2, 0.25) is 0 Å². The Hall–Kier alpha value is -2.67. The van der Waals surface area contributed by atoms with Crippen molar-refractivity contribution < 1.29 is 5.11 Å². The van der Waals surface area contributed by atoms with E-state index in [1.54, 1.807) is 11.3 Å². The lowest BCUT2D eigenvalue weighted by Crippen LogP contribution is -2.29. The van der Waals surface area contributed by atoms with Crippen LogP contribution in [0, 0.1) is 0 Å². The molecule has 27 heavy (non-hydrogen) atoms. The SMILES string of the molecule is [O-]/C(=C\[P+](c1ccccc1)(c1ccccc1)c1cccs1)c1ccccc1. The number of hydrogen-bond acceptors (Lipinski definition) is 2. The largest absolute Gasteiger partial charge is 0.870 e. The zero-order valence-electron chi connectivity index (χ0n) is 14.7. The number of thiophene rings is 1. The Balaban J connectivity index is 2.02. The fourth-order valence-corrected chi connectivity index (χ4v) is 8.70. The van der Waals surface area contributed by atoms with E-state index in [9.17, 15) is 5.11 Å². The number of benzene rings is 3. The molecule has 0 radical (unpaired) electrons. The molecule has 0 amide bonds. The molecule has 0 saturated heterocycles. The topological polar surface area (TPSA) is 23.1 Å². The highest BCUT2D eigenvalue weighted by atomic mass is 32.1. The summed E-state index contributed by atoms with van der Waals surface area (Å²) >= 11 is 1.72. The molecule has 0 spiro atoms. The third-order valence-electron chi connectivity index (χ3n) is 4.55. The molecule has 3 heteroatoms. The van der Waals surface area contributed by atoms with Crippen molar-refractivity contribution in [3.8, 4) is 0 Å². The molecule has 1 nitrogen and oxygen atoms in total. The van der Waals surface area contributed by atoms with Crippen molar-refractivity contribution in [1.29, 1.82) is 0 Å². The van der Waals surface area contributed by atoms with E-state index in [0.29, 0.717) is 0 Å². The maximum atomic E-state index is 13.3. The van der Waals surface area contributed by atoms with Gasteiger partial charge in [0.2, 0.25) is 0 Å². The van der Waals surface area contributed by atoms with E-state index < -0.39 is 7.26 Å². The van der Waals surface area contributed by atoms with Gasteiger partial charge in [-0.25, -0.2) is 0 Å². The number of rotatable bonds is 5. The van der Waals surface area contributed by atoms with Gasteiger partial charge in [-0.15, -0.1) is 11.3 Å². The Kier molecular flexibility index (Phi) is 5.20. The molecule has 4 rings (SSSR count). The molecule has 1 aromatic heterocycles. The minimum absolute atomic E-state index is 0.0741. The highest BCUT2D eigenvalue weighted by molar-refractivity contribution is 8.01. The first-order chi connectivity index (χ1) is 13.3. The molecule has 3 aromatic carbocycles. The smallest absolute Gasteiger partial charge is 0.161 e. The predicted molar refractivity (Wildman–Crippen MR) is 117 cm³/mol. The quantitative estimate of drug-likeness (QED) is 0.368. The summed E-state index contributed by atoms with van der Waals surface area (Å²) in [6.45, 7) is 0. The molecule has 0 fully saturated rings. The van der Waals surface area contributed by atoms with Crippen LogP contribution < -0.4 is 20.3 Å². The van der Waals surface area contributed by atoms with Gasteiger partial charge in [-0.2, -0.15) is 0 Å². The zero-order chi connectivity index (χ0) is 18.5. The first-order valence-electron chi connectivity index (χ1n) is 8.80. The average molecular weight is 386 g/mol. The molecular weight excluding hydrogens is 367 g/mol. The Morgan fingerprint density at radius 3 is 1.67 bits per heavy atom. The van der Waals surface area contributed by atoms with Crippen LogP contribution >= 0.6 is 18.6 Å². The monoisotopic (exact) mass is 386 g/mol. The van der Waals surface area contributed by atoms with Crippen LogP contribution in [-0.2, 0) is 0 Å². The third kappa shape index (κ3) is 3.47. The first kappa shape index (κ1) is 17.7. The predicted octanol–water partition coefficient (Wildman–Crippen LogP) is 4.40. The molecule has 0 aliphatic heterocycles. The summed E-state index contributed by atoms with van der Waals surface area (Å²) in [6.07, 6.45) is 0. The van der Waals surface area contributed by atoms with Crippen molar-refractivity contribution in [2.45, 2.75) is 0 Å². The van der Waals surface area contributed by atoms with Crippen LogP contribution in [0.1, 0.15) is 5.56 Å². The standard InChI is InChI=1S/C24H19OPS/c25-23(20-11-4-1-5-12-20)19-26(24-17-10-18-27-24,21-13-6-2-7-14-21)22-15-8-3-9-16-22/h1-19H/b23-19-. The fourth-order valence-electron chi connectivity index (χ4n) is 3.27. The van der Waals surface area contributed by atoms with Crippen molar-refractivity contribution in [2.24, 2.45) is 0 Å². The molecule has 0 atom stereocenters. The van der Waals surface area contributed by atoms with E-state index in [1.807, 2.05) is 48.3 Å². The summed E-state index contributed by atoms with van der Waals surface area (Å²) in [5.41, 5.74) is 0.727. The van der Waals surface area contributed by atoms with Crippen LogP contribution in [0.3, 0.4) is 0 Å². The van der Waals surface area contributed by atoms with E-state index in [0.717, 1.165) is 5.56 Å². The van der Waals surface area contributed by atoms with Crippen LogP contribution in [0.15, 0.2) is 114 Å². The summed E-state index contributed by atoms with van der Waals surface area (Å²) in [7, 11) is -2.18. The second kappa shape index (κ2) is 7.92. The molecule has 0 unspecified atom stereocenters. The Labute approximate surface area is 164 Å². The summed E-state index contributed by atoms with van der Waals surface area (Å²) in [6, 6.07) is 34.6. The van der Waals surface area contributed by atoms with Gasteiger partial charge in [-0.3, -0.25) is 0 Å². The van der Waals surface area contributed by atoms with Crippen molar-refractivity contribution in [1.82, 2.24) is 0 Å². The van der Waals surface area contributed by atoms with Gasteiger partial charge < -0.3 is 5.11 Å². The van der Waals surface area contributed by atoms with Crippen molar-refractivity contribution in [3.63, 3.8) is 0 Å². The summed E-state index contributed by atoms with van der Waals surface area (Å²) < 4.78 is 1.24. The van der Waals surface area contributed by atoms with Gasteiger partial charge in [0.15, 0.2) is 4.62 Å². The number of hydrogen-bond donors (Lipinski definition) is 0. The summed E-state index contributed by atoms with van der Waals surface area (Å²) in [5.74, 6) is 2.06. The second-order valence-electron chi connectivity index (χ2n) is 6.20. The molecule has 0 aliphatic carbocycles. The third-order valence-corrected chi connectivity index (χ3v) is 10.1. The van der Waals surface area contributed by atoms with Gasteiger partial charge in [0.05, 0.1) is 5.82 Å². The zero-order valence-corrected chi connectivity index (χ0v) is 16.4. The minimum Gasteiger partial charge on any atom is -0.870 e. The molecule has 0 aliphatic rings. The van der Waals surface area contributed by atoms with E-state index in [2.05, 4.69) is 66.0 Å². The fraction of sp³-hybridized carbons (Fsp3) is 0. The summed E-state index contributed by atoms with van der Waals surface area (Å²) in [5, 5.41) is 17.8. The lowest BCUT2D eigenvalue weighted by atomic mass is 10.2. The molecular formula is C24H19OPS. The average Bonchev–Trinajstić information content (AvgIpc) is 3.29. The van der Waals surface area contributed by atoms with Crippen molar-refractivity contribution >= 4 is 39.6 Å². The van der Waals surface area contributed by atoms with E-state index in [4.69, 9.17) is 0 Å². The molecule has 0 bridgehead atoms. The van der Waals surface area contributed by atoms with Crippen LogP contribution in [0.5, 0.6) is 0 Å². The minimum atomic E-state index is -2.18. The molecule has 0 N–H and O–H groups in total. The van der Waals surface area contributed by atoms with Gasteiger partial charge in [-0.1, -0.05) is 72.5 Å². The summed E-state index contributed by atoms with van der Waals surface area (Å²) in [4.78, 5) is 0. The van der Waals surface area contributed by atoms with Gasteiger partial charge in [0, 0.05) is 0 Å². The Bertz CT molecular complexity index is 970. The normalized spacial score (nSPS) is 12.1. The van der Waals surface area contributed by atoms with Crippen LogP contribution in [-0.4, -0.2) is 0 Å². The van der Waals surface area contributed by atoms with Gasteiger partial charge in [0.25, 0.3) is 0 Å². The van der Waals surface area contributed by atoms with Gasteiger partial charge in [0.1, 0.15) is 17.9 Å². The first-order valence-corrected chi connectivity index (χ1v) is 11.5. The van der Waals surface area contributed by atoms with Crippen LogP contribution in [0.4, 0.5) is 0 Å². The highest BCUT2D eigenvalue weighted by Gasteiger charge is 2.44. The highest BCUT2D eigenvalue weighted by Crippen LogP contribution is 2.58. The Morgan fingerprint density at radius 2 is 1.19 bits per heavy atom. The van der Waals surface area contributed by atoms with Crippen LogP contribution in [0.25, 0.3) is 5.76 Å². The Morgan fingerprint density at radius 1 is 0.667 bits per heavy atom. The molecule has 4 aromatic rings. The van der Waals surface area contributed by atoms with Crippen molar-refractivity contribution in [2.75, 3.05) is 0 Å². The molecule has 1 heterocycles. The van der Waals surface area contributed by atoms with Gasteiger partial charge in [-0.05, 0) is 47.3 Å². The maximum absolute atomic E-state index is 13.3. The second-order valence-corrected chi connectivity index (χ2v) is 10.7. The van der Waals surface area contributed by atoms with Crippen molar-refractivity contribution in [3.05, 3.63) is 120 Å². The molecule has 132 valence electrons.